The highest BCUT2D eigenvalue weighted by molar-refractivity contribution is 5.85. The topological polar surface area (TPSA) is 94.8 Å². The second-order valence-corrected chi connectivity index (χ2v) is 5.81. The van der Waals surface area contributed by atoms with Crippen LogP contribution in [0.3, 0.4) is 0 Å². The lowest BCUT2D eigenvalue weighted by atomic mass is 10.00. The highest BCUT2D eigenvalue weighted by Crippen LogP contribution is 2.42. The molecule has 0 fully saturated rings. The van der Waals surface area contributed by atoms with Crippen LogP contribution in [0.1, 0.15) is 0 Å². The van der Waals surface area contributed by atoms with E-state index in [1.165, 1.54) is 0 Å². The van der Waals surface area contributed by atoms with Crippen molar-refractivity contribution in [3.63, 3.8) is 0 Å². The molecule has 0 aliphatic heterocycles. The molecule has 8 heteroatoms. The Bertz CT molecular complexity index is 1040. The van der Waals surface area contributed by atoms with Crippen molar-refractivity contribution in [2.75, 3.05) is 35.5 Å². The minimum absolute atomic E-state index is 0.279. The number of hydrogen-bond acceptors (Lipinski definition) is 6. The van der Waals surface area contributed by atoms with Crippen molar-refractivity contribution in [3.8, 4) is 51.1 Å². The fourth-order valence-electron chi connectivity index (χ4n) is 3.05. The van der Waals surface area contributed by atoms with Gasteiger partial charge in [0.1, 0.15) is 5.75 Å². The van der Waals surface area contributed by atoms with E-state index in [1.807, 2.05) is 0 Å². The summed E-state index contributed by atoms with van der Waals surface area (Å²) >= 11 is 0. The van der Waals surface area contributed by atoms with Crippen molar-refractivity contribution in [1.29, 1.82) is 0 Å². The highest BCUT2D eigenvalue weighted by Gasteiger charge is 2.21. The van der Waals surface area contributed by atoms with E-state index in [0.717, 1.165) is 0 Å². The zero-order valence-corrected chi connectivity index (χ0v) is 16.3. The molecule has 148 valence electrons. The van der Waals surface area contributed by atoms with Crippen molar-refractivity contribution in [2.24, 2.45) is 0 Å². The molecule has 1 heterocycles. The lowest BCUT2D eigenvalue weighted by Gasteiger charge is -2.14. The van der Waals surface area contributed by atoms with Gasteiger partial charge in [-0.3, -0.25) is 15.0 Å². The van der Waals surface area contributed by atoms with Crippen molar-refractivity contribution in [1.82, 2.24) is 10.2 Å². The third kappa shape index (κ3) is 3.24. The average Bonchev–Trinajstić information content (AvgIpc) is 3.13. The summed E-state index contributed by atoms with van der Waals surface area (Å²) in [4.78, 5) is 12.6. The number of aromatic amines is 2. The van der Waals surface area contributed by atoms with E-state index in [0.29, 0.717) is 51.1 Å². The van der Waals surface area contributed by atoms with Gasteiger partial charge in [0.25, 0.3) is 5.56 Å². The Morgan fingerprint density at radius 1 is 0.643 bits per heavy atom. The number of hydrogen-bond donors (Lipinski definition) is 2. The van der Waals surface area contributed by atoms with E-state index in [2.05, 4.69) is 10.2 Å². The molecule has 3 rings (SSSR count). The molecular formula is C20H22N2O6. The molecule has 0 aliphatic rings. The van der Waals surface area contributed by atoms with E-state index in [-0.39, 0.29) is 5.56 Å². The molecule has 0 aliphatic carbocycles. The summed E-state index contributed by atoms with van der Waals surface area (Å²) in [6, 6.07) is 8.74. The van der Waals surface area contributed by atoms with Crippen molar-refractivity contribution in [3.05, 3.63) is 40.7 Å². The van der Waals surface area contributed by atoms with Crippen LogP contribution in [-0.4, -0.2) is 45.7 Å². The van der Waals surface area contributed by atoms with Gasteiger partial charge in [-0.25, -0.2) is 0 Å². The Morgan fingerprint density at radius 3 is 1.82 bits per heavy atom. The number of rotatable bonds is 7. The van der Waals surface area contributed by atoms with E-state index < -0.39 is 0 Å². The molecule has 0 saturated heterocycles. The van der Waals surface area contributed by atoms with Crippen LogP contribution < -0.4 is 29.2 Å². The zero-order valence-electron chi connectivity index (χ0n) is 16.3. The van der Waals surface area contributed by atoms with Crippen LogP contribution >= 0.6 is 0 Å². The summed E-state index contributed by atoms with van der Waals surface area (Å²) in [7, 11) is 7.74. The van der Waals surface area contributed by atoms with E-state index in [9.17, 15) is 4.79 Å². The first-order valence-corrected chi connectivity index (χ1v) is 8.41. The van der Waals surface area contributed by atoms with E-state index >= 15 is 0 Å². The number of nitrogens with one attached hydrogen (secondary N) is 2. The Balaban J connectivity index is 2.24. The smallest absolute Gasteiger partial charge is 0.272 e. The van der Waals surface area contributed by atoms with Crippen molar-refractivity contribution in [2.45, 2.75) is 0 Å². The van der Waals surface area contributed by atoms with Gasteiger partial charge in [-0.2, -0.15) is 0 Å². The van der Waals surface area contributed by atoms with Crippen LogP contribution in [0.25, 0.3) is 22.4 Å². The molecule has 0 unspecified atom stereocenters. The van der Waals surface area contributed by atoms with E-state index in [1.54, 1.807) is 65.9 Å². The molecule has 0 amide bonds. The summed E-state index contributed by atoms with van der Waals surface area (Å²) in [5.41, 5.74) is 2.01. The minimum atomic E-state index is -0.279. The first-order valence-electron chi connectivity index (χ1n) is 8.41. The van der Waals surface area contributed by atoms with Crippen LogP contribution in [-0.2, 0) is 0 Å². The van der Waals surface area contributed by atoms with Crippen LogP contribution in [0, 0.1) is 0 Å². The minimum Gasteiger partial charge on any atom is -0.496 e. The van der Waals surface area contributed by atoms with Crippen LogP contribution in [0.5, 0.6) is 28.7 Å². The standard InChI is InChI=1S/C20H22N2O6/c1-24-13-7-6-11(8-15(13)26-3)18-19(21-22-20(18)23)12-9-16(27-4)17(28-5)10-14(12)25-2/h6-10H,1-5H3,(H2,21,22,23). The molecule has 0 saturated carbocycles. The van der Waals surface area contributed by atoms with Gasteiger partial charge in [-0.1, -0.05) is 6.07 Å². The number of H-pyrrole nitrogens is 2. The summed E-state index contributed by atoms with van der Waals surface area (Å²) in [6.07, 6.45) is 0. The quantitative estimate of drug-likeness (QED) is 0.648. The van der Waals surface area contributed by atoms with Gasteiger partial charge in [-0.05, 0) is 23.8 Å². The van der Waals surface area contributed by atoms with Crippen molar-refractivity contribution >= 4 is 0 Å². The van der Waals surface area contributed by atoms with Gasteiger partial charge in [0, 0.05) is 11.6 Å². The number of benzene rings is 2. The molecule has 3 aromatic rings. The molecule has 0 spiro atoms. The maximum Gasteiger partial charge on any atom is 0.272 e. The average molecular weight is 386 g/mol. The Kier molecular flexibility index (Phi) is 5.49. The van der Waals surface area contributed by atoms with Gasteiger partial charge >= 0.3 is 0 Å². The highest BCUT2D eigenvalue weighted by atomic mass is 16.5. The summed E-state index contributed by atoms with van der Waals surface area (Å²) in [5.74, 6) is 2.65. The maximum absolute atomic E-state index is 12.6. The van der Waals surface area contributed by atoms with Crippen LogP contribution in [0.2, 0.25) is 0 Å². The van der Waals surface area contributed by atoms with Gasteiger partial charge in [0.2, 0.25) is 0 Å². The third-order valence-electron chi connectivity index (χ3n) is 4.43. The molecule has 0 atom stereocenters. The SMILES string of the molecule is COc1ccc(-c2c(-c3cc(OC)c(OC)cc3OC)[nH][nH]c2=O)cc1OC. The summed E-state index contributed by atoms with van der Waals surface area (Å²) < 4.78 is 26.9. The number of aromatic nitrogens is 2. The van der Waals surface area contributed by atoms with Crippen molar-refractivity contribution < 1.29 is 23.7 Å². The van der Waals surface area contributed by atoms with Crippen LogP contribution in [0.4, 0.5) is 0 Å². The van der Waals surface area contributed by atoms with Gasteiger partial charge < -0.3 is 23.7 Å². The lowest BCUT2D eigenvalue weighted by molar-refractivity contribution is 0.349. The number of ether oxygens (including phenoxy) is 5. The molecule has 1 aromatic heterocycles. The molecule has 2 aromatic carbocycles. The third-order valence-corrected chi connectivity index (χ3v) is 4.43. The first-order chi connectivity index (χ1) is 13.6. The Morgan fingerprint density at radius 2 is 1.21 bits per heavy atom. The maximum atomic E-state index is 12.6. The summed E-state index contributed by atoms with van der Waals surface area (Å²) in [5, 5.41) is 5.57. The molecule has 8 nitrogen and oxygen atoms in total. The fourth-order valence-corrected chi connectivity index (χ4v) is 3.05. The molecule has 28 heavy (non-hydrogen) atoms. The monoisotopic (exact) mass is 386 g/mol. The molecular weight excluding hydrogens is 364 g/mol. The zero-order chi connectivity index (χ0) is 20.3. The Labute approximate surface area is 161 Å². The van der Waals surface area contributed by atoms with Gasteiger partial charge in [-0.15, -0.1) is 0 Å². The fraction of sp³-hybridized carbons (Fsp3) is 0.250. The largest absolute Gasteiger partial charge is 0.496 e. The van der Waals surface area contributed by atoms with Gasteiger partial charge in [0.15, 0.2) is 23.0 Å². The Hall–Kier alpha value is -3.55. The molecule has 0 bridgehead atoms. The second-order valence-electron chi connectivity index (χ2n) is 5.81. The lowest BCUT2D eigenvalue weighted by Crippen LogP contribution is -2.02. The number of methoxy groups -OCH3 is 5. The van der Waals surface area contributed by atoms with Crippen LogP contribution in [0.15, 0.2) is 35.1 Å². The van der Waals surface area contributed by atoms with E-state index in [4.69, 9.17) is 23.7 Å². The summed E-state index contributed by atoms with van der Waals surface area (Å²) in [6.45, 7) is 0. The van der Waals surface area contributed by atoms with Gasteiger partial charge in [0.05, 0.1) is 46.8 Å². The molecule has 0 radical (unpaired) electrons. The first kappa shape index (κ1) is 19.2. The predicted molar refractivity (Wildman–Crippen MR) is 105 cm³/mol. The normalized spacial score (nSPS) is 10.5. The predicted octanol–water partition coefficient (Wildman–Crippen LogP) is 3.08. The molecule has 2 N–H and O–H groups in total. The second kappa shape index (κ2) is 7.99.